The minimum atomic E-state index is -3.38. The van der Waals surface area contributed by atoms with E-state index in [2.05, 4.69) is 4.72 Å². The lowest BCUT2D eigenvalue weighted by Gasteiger charge is -2.39. The molecule has 0 unspecified atom stereocenters. The lowest BCUT2D eigenvalue weighted by molar-refractivity contribution is 0.0534. The standard InChI is InChI=1S/C16H18N2O4S/c19-16(14-5-2-1-3-6-14)18-10-13(11-18)12-23(20,21)17-9-15-7-4-8-22-15/h1-8,13,17H,9-12H2. The highest BCUT2D eigenvalue weighted by atomic mass is 32.2. The van der Waals surface area contributed by atoms with E-state index in [9.17, 15) is 13.2 Å². The number of sulfonamides is 1. The maximum absolute atomic E-state index is 12.2. The van der Waals surface area contributed by atoms with Crippen molar-refractivity contribution >= 4 is 15.9 Å². The van der Waals surface area contributed by atoms with Gasteiger partial charge in [-0.15, -0.1) is 0 Å². The number of carbonyl (C=O) groups is 1. The Hall–Kier alpha value is -2.12. The van der Waals surface area contributed by atoms with E-state index in [1.807, 2.05) is 18.2 Å². The van der Waals surface area contributed by atoms with Gasteiger partial charge in [-0.2, -0.15) is 0 Å². The summed E-state index contributed by atoms with van der Waals surface area (Å²) in [4.78, 5) is 13.8. The number of carbonyl (C=O) groups excluding carboxylic acids is 1. The number of nitrogens with one attached hydrogen (secondary N) is 1. The highest BCUT2D eigenvalue weighted by Crippen LogP contribution is 2.20. The van der Waals surface area contributed by atoms with E-state index < -0.39 is 10.0 Å². The van der Waals surface area contributed by atoms with Crippen LogP contribution in [-0.2, 0) is 16.6 Å². The highest BCUT2D eigenvalue weighted by molar-refractivity contribution is 7.89. The van der Waals surface area contributed by atoms with Gasteiger partial charge in [-0.1, -0.05) is 18.2 Å². The van der Waals surface area contributed by atoms with Crippen LogP contribution in [-0.4, -0.2) is 38.1 Å². The number of hydrogen-bond donors (Lipinski definition) is 1. The van der Waals surface area contributed by atoms with Gasteiger partial charge in [-0.3, -0.25) is 4.79 Å². The zero-order valence-corrected chi connectivity index (χ0v) is 13.3. The zero-order valence-electron chi connectivity index (χ0n) is 12.5. The van der Waals surface area contributed by atoms with Gasteiger partial charge in [0.25, 0.3) is 5.91 Å². The van der Waals surface area contributed by atoms with Gasteiger partial charge in [0.15, 0.2) is 0 Å². The van der Waals surface area contributed by atoms with Gasteiger partial charge in [0, 0.05) is 24.6 Å². The molecule has 1 amide bonds. The third-order valence-corrected chi connectivity index (χ3v) is 5.26. The number of amides is 1. The van der Waals surface area contributed by atoms with Crippen molar-refractivity contribution in [2.24, 2.45) is 5.92 Å². The molecule has 23 heavy (non-hydrogen) atoms. The van der Waals surface area contributed by atoms with Crippen LogP contribution in [0.2, 0.25) is 0 Å². The number of furan rings is 1. The smallest absolute Gasteiger partial charge is 0.253 e. The number of benzene rings is 1. The first kappa shape index (κ1) is 15.8. The van der Waals surface area contributed by atoms with E-state index in [1.165, 1.54) is 6.26 Å². The van der Waals surface area contributed by atoms with Gasteiger partial charge < -0.3 is 9.32 Å². The predicted octanol–water partition coefficient (Wildman–Crippen LogP) is 1.47. The lowest BCUT2D eigenvalue weighted by Crippen LogP contribution is -2.53. The molecule has 0 bridgehead atoms. The zero-order chi connectivity index (χ0) is 16.3. The second kappa shape index (κ2) is 6.55. The fraction of sp³-hybridized carbons (Fsp3) is 0.312. The summed E-state index contributed by atoms with van der Waals surface area (Å²) >= 11 is 0. The lowest BCUT2D eigenvalue weighted by atomic mass is 10.0. The normalized spacial score (nSPS) is 15.4. The maximum Gasteiger partial charge on any atom is 0.253 e. The molecule has 1 aliphatic heterocycles. The summed E-state index contributed by atoms with van der Waals surface area (Å²) in [6, 6.07) is 12.4. The average Bonchev–Trinajstić information content (AvgIpc) is 3.02. The molecule has 1 N–H and O–H groups in total. The first-order chi connectivity index (χ1) is 11.0. The van der Waals surface area contributed by atoms with Crippen molar-refractivity contribution in [3.63, 3.8) is 0 Å². The van der Waals surface area contributed by atoms with Gasteiger partial charge >= 0.3 is 0 Å². The van der Waals surface area contributed by atoms with Gasteiger partial charge in [-0.25, -0.2) is 13.1 Å². The van der Waals surface area contributed by atoms with Crippen LogP contribution in [0.5, 0.6) is 0 Å². The van der Waals surface area contributed by atoms with Crippen LogP contribution in [0.1, 0.15) is 16.1 Å². The molecule has 2 aromatic rings. The van der Waals surface area contributed by atoms with E-state index in [0.717, 1.165) is 0 Å². The summed E-state index contributed by atoms with van der Waals surface area (Å²) in [6.45, 7) is 1.08. The third-order valence-electron chi connectivity index (χ3n) is 3.77. The molecular formula is C16H18N2O4S. The Kier molecular flexibility index (Phi) is 4.49. The molecule has 6 nitrogen and oxygen atoms in total. The number of rotatable bonds is 6. The second-order valence-electron chi connectivity index (χ2n) is 5.62. The Morgan fingerprint density at radius 2 is 1.91 bits per heavy atom. The Morgan fingerprint density at radius 1 is 1.17 bits per heavy atom. The SMILES string of the molecule is O=C(c1ccccc1)N1CC(CS(=O)(=O)NCc2ccco2)C1. The van der Waals surface area contributed by atoms with Crippen molar-refractivity contribution in [1.82, 2.24) is 9.62 Å². The second-order valence-corrected chi connectivity index (χ2v) is 7.48. The van der Waals surface area contributed by atoms with Crippen LogP contribution in [0.25, 0.3) is 0 Å². The Balaban J connectivity index is 1.47. The molecule has 3 rings (SSSR count). The van der Waals surface area contributed by atoms with Crippen molar-refractivity contribution in [3.8, 4) is 0 Å². The summed E-state index contributed by atoms with van der Waals surface area (Å²) in [5.74, 6) is 0.509. The largest absolute Gasteiger partial charge is 0.468 e. The first-order valence-electron chi connectivity index (χ1n) is 7.37. The molecular weight excluding hydrogens is 316 g/mol. The molecule has 0 radical (unpaired) electrons. The third kappa shape index (κ3) is 4.00. The minimum Gasteiger partial charge on any atom is -0.468 e. The molecule has 0 saturated carbocycles. The van der Waals surface area contributed by atoms with Crippen molar-refractivity contribution in [1.29, 1.82) is 0 Å². The van der Waals surface area contributed by atoms with Gasteiger partial charge in [-0.05, 0) is 24.3 Å². The summed E-state index contributed by atoms with van der Waals surface area (Å²) in [7, 11) is -3.38. The van der Waals surface area contributed by atoms with Gasteiger partial charge in [0.05, 0.1) is 18.6 Å². The van der Waals surface area contributed by atoms with Gasteiger partial charge in [0.2, 0.25) is 10.0 Å². The van der Waals surface area contributed by atoms with Crippen LogP contribution in [0.15, 0.2) is 53.1 Å². The highest BCUT2D eigenvalue weighted by Gasteiger charge is 2.34. The molecule has 1 aromatic carbocycles. The average molecular weight is 334 g/mol. The molecule has 1 fully saturated rings. The van der Waals surface area contributed by atoms with E-state index in [4.69, 9.17) is 4.42 Å². The van der Waals surface area contributed by atoms with Crippen molar-refractivity contribution in [2.45, 2.75) is 6.54 Å². The quantitative estimate of drug-likeness (QED) is 0.867. The Morgan fingerprint density at radius 3 is 2.57 bits per heavy atom. The van der Waals surface area contributed by atoms with Crippen LogP contribution in [0, 0.1) is 5.92 Å². The van der Waals surface area contributed by atoms with Crippen LogP contribution in [0.4, 0.5) is 0 Å². The number of nitrogens with zero attached hydrogens (tertiary/aromatic N) is 1. The maximum atomic E-state index is 12.2. The summed E-state index contributed by atoms with van der Waals surface area (Å²) in [5.41, 5.74) is 0.629. The van der Waals surface area contributed by atoms with E-state index >= 15 is 0 Å². The van der Waals surface area contributed by atoms with E-state index in [0.29, 0.717) is 24.4 Å². The summed E-state index contributed by atoms with van der Waals surface area (Å²) in [5, 5.41) is 0. The molecule has 122 valence electrons. The molecule has 7 heteroatoms. The summed E-state index contributed by atoms with van der Waals surface area (Å²) in [6.07, 6.45) is 1.50. The van der Waals surface area contributed by atoms with E-state index in [1.54, 1.807) is 29.2 Å². The molecule has 1 saturated heterocycles. The Bertz CT molecular complexity index is 751. The molecule has 0 spiro atoms. The molecule has 1 aromatic heterocycles. The first-order valence-corrected chi connectivity index (χ1v) is 9.03. The molecule has 2 heterocycles. The van der Waals surface area contributed by atoms with Crippen LogP contribution >= 0.6 is 0 Å². The van der Waals surface area contributed by atoms with E-state index in [-0.39, 0.29) is 24.1 Å². The van der Waals surface area contributed by atoms with Crippen LogP contribution in [0.3, 0.4) is 0 Å². The van der Waals surface area contributed by atoms with Gasteiger partial charge in [0.1, 0.15) is 5.76 Å². The molecule has 0 aliphatic carbocycles. The molecule has 0 atom stereocenters. The molecule has 1 aliphatic rings. The number of hydrogen-bond acceptors (Lipinski definition) is 4. The minimum absolute atomic E-state index is 0.0201. The number of likely N-dealkylation sites (tertiary alicyclic amines) is 1. The van der Waals surface area contributed by atoms with Crippen molar-refractivity contribution in [2.75, 3.05) is 18.8 Å². The van der Waals surface area contributed by atoms with Crippen molar-refractivity contribution < 1.29 is 17.6 Å². The predicted molar refractivity (Wildman–Crippen MR) is 85.2 cm³/mol. The topological polar surface area (TPSA) is 79.6 Å². The Labute approximate surface area is 135 Å². The fourth-order valence-electron chi connectivity index (χ4n) is 2.57. The monoisotopic (exact) mass is 334 g/mol. The van der Waals surface area contributed by atoms with Crippen molar-refractivity contribution in [3.05, 3.63) is 60.1 Å². The fourth-order valence-corrected chi connectivity index (χ4v) is 3.88. The van der Waals surface area contributed by atoms with Crippen LogP contribution < -0.4 is 4.72 Å². The summed E-state index contributed by atoms with van der Waals surface area (Å²) < 4.78 is 31.6.